The first-order valence-corrected chi connectivity index (χ1v) is 5.13. The maximum Gasteiger partial charge on any atom is 0.175 e. The summed E-state index contributed by atoms with van der Waals surface area (Å²) in [6.45, 7) is 0. The fourth-order valence-corrected chi connectivity index (χ4v) is 1.41. The van der Waals surface area contributed by atoms with E-state index in [4.69, 9.17) is 5.26 Å². The molecule has 0 bridgehead atoms. The fraction of sp³-hybridized carbons (Fsp3) is 0.125. The Labute approximate surface area is 71.2 Å². The van der Waals surface area contributed by atoms with E-state index in [1.165, 1.54) is 24.3 Å². The topological polar surface area (TPSA) is 57.9 Å². The molecule has 0 aliphatic carbocycles. The Morgan fingerprint density at radius 2 is 1.75 bits per heavy atom. The predicted molar refractivity (Wildman–Crippen MR) is 44.3 cm³/mol. The minimum Gasteiger partial charge on any atom is -0.224 e. The number of hydrogen-bond donors (Lipinski definition) is 0. The molecule has 0 radical (unpaired) electrons. The Hall–Kier alpha value is -1.34. The largest absolute Gasteiger partial charge is 0.224 e. The van der Waals surface area contributed by atoms with Crippen LogP contribution in [0.3, 0.4) is 0 Å². The first-order chi connectivity index (χ1) is 5.54. The van der Waals surface area contributed by atoms with Crippen LogP contribution in [-0.4, -0.2) is 14.7 Å². The first-order valence-electron chi connectivity index (χ1n) is 3.24. The molecule has 0 spiro atoms. The Morgan fingerprint density at radius 1 is 1.25 bits per heavy atom. The van der Waals surface area contributed by atoms with E-state index in [9.17, 15) is 8.42 Å². The smallest absolute Gasteiger partial charge is 0.175 e. The molecule has 0 heterocycles. The third-order valence-electron chi connectivity index (χ3n) is 1.41. The molecular weight excluding hydrogens is 174 g/mol. The minimum atomic E-state index is -3.14. The molecule has 1 aromatic rings. The van der Waals surface area contributed by atoms with Gasteiger partial charge in [-0.2, -0.15) is 5.26 Å². The molecule has 0 atom stereocenters. The van der Waals surface area contributed by atoms with Crippen LogP contribution in [0.15, 0.2) is 29.2 Å². The molecule has 12 heavy (non-hydrogen) atoms. The zero-order valence-corrected chi connectivity index (χ0v) is 7.30. The van der Waals surface area contributed by atoms with Gasteiger partial charge in [0, 0.05) is 6.26 Å². The quantitative estimate of drug-likeness (QED) is 0.648. The van der Waals surface area contributed by atoms with Gasteiger partial charge in [-0.1, -0.05) is 0 Å². The van der Waals surface area contributed by atoms with Gasteiger partial charge in [0.1, 0.15) is 0 Å². The second-order valence-electron chi connectivity index (χ2n) is 2.41. The molecule has 0 N–H and O–H groups in total. The summed E-state index contributed by atoms with van der Waals surface area (Å²) in [4.78, 5) is 0.238. The van der Waals surface area contributed by atoms with Crippen LogP contribution in [0.4, 0.5) is 0 Å². The molecule has 0 unspecified atom stereocenters. The minimum absolute atomic E-state index is 0.238. The summed E-state index contributed by atoms with van der Waals surface area (Å²) >= 11 is 0. The van der Waals surface area contributed by atoms with Crippen LogP contribution in [0.5, 0.6) is 0 Å². The monoisotopic (exact) mass is 181 g/mol. The lowest BCUT2D eigenvalue weighted by Gasteiger charge is -1.95. The highest BCUT2D eigenvalue weighted by molar-refractivity contribution is 7.90. The third-order valence-corrected chi connectivity index (χ3v) is 2.54. The van der Waals surface area contributed by atoms with Crippen LogP contribution in [0, 0.1) is 11.3 Å². The highest BCUT2D eigenvalue weighted by Gasteiger charge is 2.05. The number of hydrogen-bond acceptors (Lipinski definition) is 3. The van der Waals surface area contributed by atoms with E-state index >= 15 is 0 Å². The van der Waals surface area contributed by atoms with Crippen molar-refractivity contribution < 1.29 is 8.42 Å². The Bertz CT molecular complexity index is 411. The highest BCUT2D eigenvalue weighted by Crippen LogP contribution is 2.08. The lowest BCUT2D eigenvalue weighted by atomic mass is 10.2. The second kappa shape index (κ2) is 2.95. The van der Waals surface area contributed by atoms with E-state index in [1.54, 1.807) is 0 Å². The summed E-state index contributed by atoms with van der Waals surface area (Å²) in [5, 5.41) is 8.43. The molecule has 4 heteroatoms. The van der Waals surface area contributed by atoms with Crippen molar-refractivity contribution in [3.63, 3.8) is 0 Å². The average molecular weight is 181 g/mol. The van der Waals surface area contributed by atoms with Crippen molar-refractivity contribution in [2.45, 2.75) is 4.90 Å². The normalized spacial score (nSPS) is 10.7. The molecule has 0 aliphatic rings. The molecule has 1 aromatic carbocycles. The van der Waals surface area contributed by atoms with Gasteiger partial charge >= 0.3 is 0 Å². The Kier molecular flexibility index (Phi) is 2.15. The number of benzene rings is 1. The van der Waals surface area contributed by atoms with Crippen LogP contribution < -0.4 is 0 Å². The summed E-state index contributed by atoms with van der Waals surface area (Å²) in [7, 11) is -3.14. The van der Waals surface area contributed by atoms with Crippen molar-refractivity contribution in [1.29, 1.82) is 5.26 Å². The molecule has 0 saturated heterocycles. The molecule has 3 nitrogen and oxygen atoms in total. The van der Waals surface area contributed by atoms with Gasteiger partial charge in [-0.05, 0) is 24.3 Å². The molecule has 0 amide bonds. The second-order valence-corrected chi connectivity index (χ2v) is 4.42. The van der Waals surface area contributed by atoms with Crippen molar-refractivity contribution in [2.24, 2.45) is 0 Å². The summed E-state index contributed by atoms with van der Waals surface area (Å²) in [6, 6.07) is 7.72. The van der Waals surface area contributed by atoms with Gasteiger partial charge in [0.15, 0.2) is 9.84 Å². The number of nitrogens with zero attached hydrogens (tertiary/aromatic N) is 1. The van der Waals surface area contributed by atoms with E-state index < -0.39 is 9.84 Å². The lowest BCUT2D eigenvalue weighted by Crippen LogP contribution is -1.96. The van der Waals surface area contributed by atoms with Gasteiger partial charge in [-0.3, -0.25) is 0 Å². The van der Waals surface area contributed by atoms with Gasteiger partial charge in [-0.25, -0.2) is 8.42 Å². The Balaban J connectivity index is 3.20. The number of nitriles is 1. The van der Waals surface area contributed by atoms with E-state index in [2.05, 4.69) is 0 Å². The van der Waals surface area contributed by atoms with E-state index in [-0.39, 0.29) is 4.90 Å². The van der Waals surface area contributed by atoms with Crippen molar-refractivity contribution in [1.82, 2.24) is 0 Å². The van der Waals surface area contributed by atoms with E-state index in [1.807, 2.05) is 6.07 Å². The summed E-state index contributed by atoms with van der Waals surface area (Å²) in [5.74, 6) is 0. The van der Waals surface area contributed by atoms with Gasteiger partial charge in [0.05, 0.1) is 16.5 Å². The van der Waals surface area contributed by atoms with Crippen molar-refractivity contribution >= 4 is 9.84 Å². The third kappa shape index (κ3) is 1.83. The van der Waals surface area contributed by atoms with Crippen LogP contribution in [-0.2, 0) is 9.84 Å². The van der Waals surface area contributed by atoms with Crippen LogP contribution >= 0.6 is 0 Å². The molecule has 62 valence electrons. The molecule has 1 rings (SSSR count). The zero-order valence-electron chi connectivity index (χ0n) is 6.48. The summed E-state index contributed by atoms with van der Waals surface area (Å²) < 4.78 is 21.9. The van der Waals surface area contributed by atoms with Crippen molar-refractivity contribution in [3.8, 4) is 6.07 Å². The van der Waals surface area contributed by atoms with E-state index in [0.717, 1.165) is 6.26 Å². The molecular formula is C8H7NO2S. The predicted octanol–water partition coefficient (Wildman–Crippen LogP) is 0.962. The van der Waals surface area contributed by atoms with Gasteiger partial charge in [0.2, 0.25) is 0 Å². The first kappa shape index (κ1) is 8.75. The van der Waals surface area contributed by atoms with Gasteiger partial charge in [0.25, 0.3) is 0 Å². The number of rotatable bonds is 1. The van der Waals surface area contributed by atoms with Crippen molar-refractivity contribution in [2.75, 3.05) is 6.26 Å². The fourth-order valence-electron chi connectivity index (χ4n) is 0.777. The average Bonchev–Trinajstić information content (AvgIpc) is 2.03. The molecule has 0 aromatic heterocycles. The molecule has 0 aliphatic heterocycles. The maximum atomic E-state index is 10.9. The lowest BCUT2D eigenvalue weighted by molar-refractivity contribution is 0.602. The summed E-state index contributed by atoms with van der Waals surface area (Å²) in [5.41, 5.74) is 0.461. The van der Waals surface area contributed by atoms with Crippen LogP contribution in [0.1, 0.15) is 5.56 Å². The van der Waals surface area contributed by atoms with Crippen LogP contribution in [0.2, 0.25) is 0 Å². The highest BCUT2D eigenvalue weighted by atomic mass is 32.2. The van der Waals surface area contributed by atoms with Gasteiger partial charge in [-0.15, -0.1) is 0 Å². The van der Waals surface area contributed by atoms with E-state index in [0.29, 0.717) is 5.56 Å². The summed E-state index contributed by atoms with van der Waals surface area (Å²) in [6.07, 6.45) is 1.13. The number of sulfone groups is 1. The van der Waals surface area contributed by atoms with Crippen molar-refractivity contribution in [3.05, 3.63) is 29.8 Å². The van der Waals surface area contributed by atoms with Gasteiger partial charge < -0.3 is 0 Å². The Morgan fingerprint density at radius 3 is 2.08 bits per heavy atom. The van der Waals surface area contributed by atoms with Crippen LogP contribution in [0.25, 0.3) is 0 Å². The molecule has 0 fully saturated rings. The maximum absolute atomic E-state index is 10.9. The zero-order chi connectivity index (χ0) is 9.19. The molecule has 0 saturated carbocycles. The SMILES string of the molecule is CS(=O)(=O)c1ccc(C#N)cc1. The standard InChI is InChI=1S/C8H7NO2S/c1-12(10,11)8-4-2-7(6-9)3-5-8/h2-5H,1H3.